The number of nitrogens with two attached hydrogens (primary N) is 1. The van der Waals surface area contributed by atoms with E-state index in [9.17, 15) is 21.6 Å². The molecule has 0 aliphatic heterocycles. The van der Waals surface area contributed by atoms with Gasteiger partial charge in [0.15, 0.2) is 0 Å². The minimum atomic E-state index is -4.59. The summed E-state index contributed by atoms with van der Waals surface area (Å²) in [4.78, 5) is 0.628. The highest BCUT2D eigenvalue weighted by Gasteiger charge is 2.29. The van der Waals surface area contributed by atoms with Gasteiger partial charge in [0, 0.05) is 22.4 Å². The molecule has 0 aromatic carbocycles. The summed E-state index contributed by atoms with van der Waals surface area (Å²) in [6.07, 6.45) is -4.59. The molecule has 0 aliphatic rings. The quantitative estimate of drug-likeness (QED) is 0.690. The lowest BCUT2D eigenvalue weighted by molar-refractivity contribution is -0.121. The van der Waals surface area contributed by atoms with Crippen LogP contribution in [0.3, 0.4) is 0 Å². The monoisotopic (exact) mass is 327 g/mol. The Bertz CT molecular complexity index is 599. The van der Waals surface area contributed by atoms with Crippen LogP contribution in [0.1, 0.15) is 10.4 Å². The van der Waals surface area contributed by atoms with Crippen molar-refractivity contribution in [2.45, 2.75) is 12.7 Å². The highest BCUT2D eigenvalue weighted by molar-refractivity contribution is 7.87. The number of alkyl halides is 3. The van der Waals surface area contributed by atoms with Crippen LogP contribution in [0.4, 0.5) is 13.2 Å². The van der Waals surface area contributed by atoms with Gasteiger partial charge in [0.05, 0.1) is 6.54 Å². The number of rotatable bonds is 5. The van der Waals surface area contributed by atoms with E-state index < -0.39 is 22.9 Å². The van der Waals surface area contributed by atoms with Gasteiger partial charge in [0.1, 0.15) is 6.54 Å². The van der Waals surface area contributed by atoms with Gasteiger partial charge in [-0.3, -0.25) is 0 Å². The van der Waals surface area contributed by atoms with Crippen molar-refractivity contribution >= 4 is 21.5 Å². The molecule has 0 bridgehead atoms. The molecule has 0 aliphatic carbocycles. The summed E-state index contributed by atoms with van der Waals surface area (Å²) in [5, 5.41) is 1.70. The maximum Gasteiger partial charge on any atom is 0.402 e. The molecule has 20 heavy (non-hydrogen) atoms. The van der Waals surface area contributed by atoms with Crippen LogP contribution >= 0.6 is 11.3 Å². The summed E-state index contributed by atoms with van der Waals surface area (Å²) in [5.74, 6) is 5.40. The Hall–Kier alpha value is -1.12. The topological polar surface area (TPSA) is 84.2 Å². The fourth-order valence-corrected chi connectivity index (χ4v) is 2.73. The maximum atomic E-state index is 11.9. The summed E-state index contributed by atoms with van der Waals surface area (Å²) in [6, 6.07) is 1.64. The summed E-state index contributed by atoms with van der Waals surface area (Å²) >= 11 is 1.24. The number of hydrogen-bond donors (Lipinski definition) is 3. The lowest BCUT2D eigenvalue weighted by Crippen LogP contribution is -2.41. The van der Waals surface area contributed by atoms with Crippen molar-refractivity contribution in [3.63, 3.8) is 0 Å². The third-order valence-corrected chi connectivity index (χ3v) is 3.87. The zero-order chi connectivity index (χ0) is 15.2. The summed E-state index contributed by atoms with van der Waals surface area (Å²) < 4.78 is 61.6. The van der Waals surface area contributed by atoms with E-state index in [-0.39, 0.29) is 13.1 Å². The Labute approximate surface area is 118 Å². The lowest BCUT2D eigenvalue weighted by atomic mass is 10.3. The van der Waals surface area contributed by atoms with Crippen molar-refractivity contribution in [1.82, 2.24) is 9.44 Å². The van der Waals surface area contributed by atoms with Gasteiger partial charge in [-0.2, -0.15) is 31.0 Å². The van der Waals surface area contributed by atoms with Crippen LogP contribution < -0.4 is 15.2 Å². The van der Waals surface area contributed by atoms with Crippen LogP contribution in [0.25, 0.3) is 0 Å². The largest absolute Gasteiger partial charge is 0.402 e. The Morgan fingerprint density at radius 3 is 2.65 bits per heavy atom. The highest BCUT2D eigenvalue weighted by Crippen LogP contribution is 2.14. The first-order chi connectivity index (χ1) is 9.22. The Kier molecular flexibility index (Phi) is 5.97. The van der Waals surface area contributed by atoms with Gasteiger partial charge in [-0.15, -0.1) is 11.3 Å². The van der Waals surface area contributed by atoms with E-state index in [4.69, 9.17) is 5.73 Å². The first-order valence-electron chi connectivity index (χ1n) is 5.29. The van der Waals surface area contributed by atoms with Gasteiger partial charge >= 0.3 is 6.18 Å². The second-order valence-electron chi connectivity index (χ2n) is 3.57. The molecule has 112 valence electrons. The summed E-state index contributed by atoms with van der Waals surface area (Å²) in [6.45, 7) is -1.51. The predicted octanol–water partition coefficient (Wildman–Crippen LogP) is 0.545. The molecule has 0 radical (unpaired) electrons. The van der Waals surface area contributed by atoms with E-state index in [1.54, 1.807) is 11.4 Å². The molecule has 4 N–H and O–H groups in total. The normalized spacial score (nSPS) is 12.0. The maximum absolute atomic E-state index is 11.9. The molecule has 0 spiro atoms. The lowest BCUT2D eigenvalue weighted by Gasteiger charge is -2.09. The SMILES string of the molecule is NCC#Cc1csc(CNS(=O)(=O)NCC(F)(F)F)c1. The first-order valence-corrected chi connectivity index (χ1v) is 7.65. The highest BCUT2D eigenvalue weighted by atomic mass is 32.2. The number of hydrogen-bond acceptors (Lipinski definition) is 4. The van der Waals surface area contributed by atoms with Gasteiger partial charge in [-0.05, 0) is 6.07 Å². The molecule has 5 nitrogen and oxygen atoms in total. The molecule has 0 atom stereocenters. The molecule has 1 aromatic rings. The molecular formula is C10H12F3N3O2S2. The third kappa shape index (κ3) is 6.88. The number of thiophene rings is 1. The van der Waals surface area contributed by atoms with E-state index in [2.05, 4.69) is 11.8 Å². The average Bonchev–Trinajstić information content (AvgIpc) is 2.79. The molecule has 1 rings (SSSR count). The molecular weight excluding hydrogens is 315 g/mol. The minimum absolute atomic E-state index is 0.109. The minimum Gasteiger partial charge on any atom is -0.320 e. The smallest absolute Gasteiger partial charge is 0.320 e. The Morgan fingerprint density at radius 1 is 1.35 bits per heavy atom. The second kappa shape index (κ2) is 7.05. The van der Waals surface area contributed by atoms with Crippen LogP contribution in [-0.2, 0) is 16.8 Å². The van der Waals surface area contributed by atoms with Crippen LogP contribution in [0.5, 0.6) is 0 Å². The van der Waals surface area contributed by atoms with Crippen LogP contribution in [0.15, 0.2) is 11.4 Å². The first kappa shape index (κ1) is 16.9. The predicted molar refractivity (Wildman–Crippen MR) is 70.1 cm³/mol. The zero-order valence-corrected chi connectivity index (χ0v) is 11.8. The third-order valence-electron chi connectivity index (χ3n) is 1.89. The molecule has 0 saturated carbocycles. The second-order valence-corrected chi connectivity index (χ2v) is 6.15. The van der Waals surface area contributed by atoms with Gasteiger partial charge in [0.25, 0.3) is 10.2 Å². The van der Waals surface area contributed by atoms with E-state index >= 15 is 0 Å². The van der Waals surface area contributed by atoms with Crippen LogP contribution in [-0.4, -0.2) is 27.7 Å². The fourth-order valence-electron chi connectivity index (χ4n) is 1.09. The molecule has 0 unspecified atom stereocenters. The zero-order valence-electron chi connectivity index (χ0n) is 10.1. The molecule has 0 amide bonds. The van der Waals surface area contributed by atoms with E-state index in [0.29, 0.717) is 10.4 Å². The van der Waals surface area contributed by atoms with Crippen molar-refractivity contribution in [2.24, 2.45) is 5.73 Å². The van der Waals surface area contributed by atoms with E-state index in [0.717, 1.165) is 0 Å². The van der Waals surface area contributed by atoms with Crippen LogP contribution in [0, 0.1) is 11.8 Å². The Balaban J connectivity index is 2.52. The average molecular weight is 327 g/mol. The van der Waals surface area contributed by atoms with E-state index in [1.165, 1.54) is 16.1 Å². The molecule has 0 saturated heterocycles. The van der Waals surface area contributed by atoms with Crippen molar-refractivity contribution in [3.05, 3.63) is 21.9 Å². The van der Waals surface area contributed by atoms with Crippen molar-refractivity contribution in [2.75, 3.05) is 13.1 Å². The summed E-state index contributed by atoms with van der Waals surface area (Å²) in [5.41, 5.74) is 5.88. The summed E-state index contributed by atoms with van der Waals surface area (Å²) in [7, 11) is -4.19. The molecule has 1 aromatic heterocycles. The van der Waals surface area contributed by atoms with Crippen LogP contribution in [0.2, 0.25) is 0 Å². The van der Waals surface area contributed by atoms with Gasteiger partial charge in [0.2, 0.25) is 0 Å². The number of nitrogens with one attached hydrogen (secondary N) is 2. The molecule has 10 heteroatoms. The van der Waals surface area contributed by atoms with E-state index in [1.807, 2.05) is 4.72 Å². The van der Waals surface area contributed by atoms with Crippen molar-refractivity contribution in [3.8, 4) is 11.8 Å². The van der Waals surface area contributed by atoms with Crippen molar-refractivity contribution in [1.29, 1.82) is 0 Å². The molecule has 1 heterocycles. The van der Waals surface area contributed by atoms with Gasteiger partial charge < -0.3 is 5.73 Å². The fraction of sp³-hybridized carbons (Fsp3) is 0.400. The standard InChI is InChI=1S/C10H12F3N3O2S2/c11-10(12,13)7-16-20(17,18)15-5-9-4-8(6-19-9)2-1-3-14/h4,6,15-16H,3,5,7,14H2. The van der Waals surface area contributed by atoms with Gasteiger partial charge in [-0.1, -0.05) is 11.8 Å². The van der Waals surface area contributed by atoms with Crippen molar-refractivity contribution < 1.29 is 21.6 Å². The van der Waals surface area contributed by atoms with Gasteiger partial charge in [-0.25, -0.2) is 0 Å². The molecule has 0 fully saturated rings. The Morgan fingerprint density at radius 2 is 2.05 bits per heavy atom. The number of halogens is 3.